The molecule has 0 spiro atoms. The Bertz CT molecular complexity index is 353. The van der Waals surface area contributed by atoms with E-state index in [1.165, 1.54) is 57.8 Å². The van der Waals surface area contributed by atoms with Crippen molar-refractivity contribution in [2.45, 2.75) is 103 Å². The Balaban J connectivity index is 3.29. The maximum Gasteiger partial charge on any atom is 0.328 e. The van der Waals surface area contributed by atoms with Crippen LogP contribution in [0.2, 0.25) is 0 Å². The molecule has 0 bridgehead atoms. The number of aliphatic carboxylic acids is 1. The molecule has 0 saturated carbocycles. The van der Waals surface area contributed by atoms with E-state index in [0.29, 0.717) is 0 Å². The van der Waals surface area contributed by atoms with E-state index >= 15 is 0 Å². The average Bonchev–Trinajstić information content (AvgIpc) is 2.57. The highest BCUT2D eigenvalue weighted by molar-refractivity contribution is 6.01. The third kappa shape index (κ3) is 14.4. The summed E-state index contributed by atoms with van der Waals surface area (Å²) in [7, 11) is 0. The number of carbonyl (C=O) groups excluding carboxylic acids is 1. The molecule has 1 atom stereocenters. The van der Waals surface area contributed by atoms with E-state index in [1.54, 1.807) is 0 Å². The Labute approximate surface area is 147 Å². The molecule has 0 fully saturated rings. The third-order valence-electron chi connectivity index (χ3n) is 4.30. The van der Waals surface area contributed by atoms with Gasteiger partial charge in [0, 0.05) is 6.42 Å². The summed E-state index contributed by atoms with van der Waals surface area (Å²) < 4.78 is 0. The van der Waals surface area contributed by atoms with Gasteiger partial charge in [-0.25, -0.2) is 0 Å². The van der Waals surface area contributed by atoms with Gasteiger partial charge in [-0.05, 0) is 32.1 Å². The molecule has 4 heteroatoms. The predicted molar refractivity (Wildman–Crippen MR) is 100 cm³/mol. The van der Waals surface area contributed by atoms with Crippen LogP contribution in [0.25, 0.3) is 0 Å². The van der Waals surface area contributed by atoms with E-state index in [-0.39, 0.29) is 12.2 Å². The van der Waals surface area contributed by atoms with Crippen LogP contribution in [0, 0.1) is 0 Å². The Morgan fingerprint density at radius 3 is 1.79 bits per heavy atom. The fraction of sp³-hybridized carbons (Fsp3) is 0.800. The minimum absolute atomic E-state index is 0.283. The smallest absolute Gasteiger partial charge is 0.328 e. The third-order valence-corrected chi connectivity index (χ3v) is 4.30. The second kappa shape index (κ2) is 16.7. The number of carboxylic acids is 1. The molecule has 0 aliphatic heterocycles. The molecule has 0 aromatic heterocycles. The van der Waals surface area contributed by atoms with Crippen molar-refractivity contribution in [2.24, 2.45) is 5.73 Å². The topological polar surface area (TPSA) is 80.4 Å². The van der Waals surface area contributed by atoms with E-state index in [1.807, 2.05) is 0 Å². The quantitative estimate of drug-likeness (QED) is 0.222. The van der Waals surface area contributed by atoms with Crippen LogP contribution in [0.1, 0.15) is 96.8 Å². The van der Waals surface area contributed by atoms with E-state index in [0.717, 1.165) is 25.7 Å². The highest BCUT2D eigenvalue weighted by Crippen LogP contribution is 2.10. The van der Waals surface area contributed by atoms with E-state index in [2.05, 4.69) is 19.1 Å². The Hall–Kier alpha value is -1.16. The molecule has 3 N–H and O–H groups in total. The van der Waals surface area contributed by atoms with Crippen molar-refractivity contribution in [3.63, 3.8) is 0 Å². The van der Waals surface area contributed by atoms with Gasteiger partial charge < -0.3 is 10.8 Å². The van der Waals surface area contributed by atoms with Crippen LogP contribution < -0.4 is 5.73 Å². The van der Waals surface area contributed by atoms with Crippen molar-refractivity contribution < 1.29 is 14.7 Å². The van der Waals surface area contributed by atoms with Gasteiger partial charge in [0.2, 0.25) is 0 Å². The van der Waals surface area contributed by atoms with Gasteiger partial charge >= 0.3 is 5.97 Å². The van der Waals surface area contributed by atoms with Crippen LogP contribution in [-0.2, 0) is 9.59 Å². The monoisotopic (exact) mass is 339 g/mol. The van der Waals surface area contributed by atoms with Gasteiger partial charge in [-0.1, -0.05) is 70.4 Å². The normalized spacial score (nSPS) is 12.6. The summed E-state index contributed by atoms with van der Waals surface area (Å²) in [6, 6.07) is -1.35. The first-order valence-corrected chi connectivity index (χ1v) is 9.75. The highest BCUT2D eigenvalue weighted by Gasteiger charge is 2.19. The number of rotatable bonds is 17. The first-order valence-electron chi connectivity index (χ1n) is 9.75. The van der Waals surface area contributed by atoms with Gasteiger partial charge in [-0.3, -0.25) is 9.59 Å². The molecule has 0 aromatic rings. The van der Waals surface area contributed by atoms with Crippen LogP contribution >= 0.6 is 0 Å². The minimum Gasteiger partial charge on any atom is -0.480 e. The van der Waals surface area contributed by atoms with E-state index in [4.69, 9.17) is 10.8 Å². The lowest BCUT2D eigenvalue weighted by atomic mass is 10.0. The molecule has 0 amide bonds. The van der Waals surface area contributed by atoms with Gasteiger partial charge in [-0.15, -0.1) is 0 Å². The Kier molecular flexibility index (Phi) is 15.9. The Morgan fingerprint density at radius 1 is 0.833 bits per heavy atom. The van der Waals surface area contributed by atoms with Gasteiger partial charge in [-0.2, -0.15) is 0 Å². The zero-order valence-electron chi connectivity index (χ0n) is 15.5. The zero-order chi connectivity index (χ0) is 18.0. The van der Waals surface area contributed by atoms with Crippen molar-refractivity contribution in [3.8, 4) is 0 Å². The number of allylic oxidation sites excluding steroid dienone is 2. The molecule has 1 unspecified atom stereocenters. The first kappa shape index (κ1) is 22.8. The van der Waals surface area contributed by atoms with Crippen LogP contribution in [0.5, 0.6) is 0 Å². The maximum atomic E-state index is 11.4. The number of nitrogens with two attached hydrogens (primary N) is 1. The summed E-state index contributed by atoms with van der Waals surface area (Å²) in [6.07, 6.45) is 20.5. The SMILES string of the molecule is CCCCCCCCC=CCCCCCCCC(=O)C(N)C(=O)O. The average molecular weight is 340 g/mol. The summed E-state index contributed by atoms with van der Waals surface area (Å²) in [5.41, 5.74) is 5.26. The molecule has 0 rings (SSSR count). The van der Waals surface area contributed by atoms with Gasteiger partial charge in [0.1, 0.15) is 0 Å². The molecule has 0 saturated heterocycles. The van der Waals surface area contributed by atoms with Gasteiger partial charge in [0.25, 0.3) is 0 Å². The van der Waals surface area contributed by atoms with Crippen LogP contribution in [0.3, 0.4) is 0 Å². The van der Waals surface area contributed by atoms with Crippen LogP contribution in [0.15, 0.2) is 12.2 Å². The minimum atomic E-state index is -1.35. The second-order valence-electron chi connectivity index (χ2n) is 6.62. The summed E-state index contributed by atoms with van der Waals surface area (Å²) in [4.78, 5) is 22.0. The lowest BCUT2D eigenvalue weighted by Crippen LogP contribution is -2.38. The predicted octanol–water partition coefficient (Wildman–Crippen LogP) is 5.00. The van der Waals surface area contributed by atoms with E-state index in [9.17, 15) is 9.59 Å². The number of ketones is 1. The number of carboxylic acid groups (broad SMARTS) is 1. The van der Waals surface area contributed by atoms with Gasteiger partial charge in [0.15, 0.2) is 11.8 Å². The summed E-state index contributed by atoms with van der Waals surface area (Å²) in [5, 5.41) is 8.63. The van der Waals surface area contributed by atoms with Crippen molar-refractivity contribution in [1.82, 2.24) is 0 Å². The van der Waals surface area contributed by atoms with Crippen molar-refractivity contribution in [2.75, 3.05) is 0 Å². The molecule has 0 aromatic carbocycles. The summed E-state index contributed by atoms with van der Waals surface area (Å²) >= 11 is 0. The number of Topliss-reactive ketones (excluding diaryl/α,β-unsaturated/α-hetero) is 1. The second-order valence-corrected chi connectivity index (χ2v) is 6.62. The molecule has 0 aliphatic carbocycles. The van der Waals surface area contributed by atoms with Gasteiger partial charge in [0.05, 0.1) is 0 Å². The molecule has 0 aliphatic rings. The summed E-state index contributed by atoms with van der Waals surface area (Å²) in [6.45, 7) is 2.25. The lowest BCUT2D eigenvalue weighted by molar-refractivity contribution is -0.142. The largest absolute Gasteiger partial charge is 0.480 e. The molecular formula is C20H37NO3. The molecule has 0 radical (unpaired) electrons. The van der Waals surface area contributed by atoms with Crippen LogP contribution in [0.4, 0.5) is 0 Å². The van der Waals surface area contributed by atoms with Crippen molar-refractivity contribution >= 4 is 11.8 Å². The molecule has 0 heterocycles. The van der Waals surface area contributed by atoms with Crippen molar-refractivity contribution in [1.29, 1.82) is 0 Å². The number of unbranched alkanes of at least 4 members (excludes halogenated alkanes) is 11. The summed E-state index contributed by atoms with van der Waals surface area (Å²) in [5.74, 6) is -1.59. The van der Waals surface area contributed by atoms with Crippen molar-refractivity contribution in [3.05, 3.63) is 12.2 Å². The molecule has 4 nitrogen and oxygen atoms in total. The highest BCUT2D eigenvalue weighted by atomic mass is 16.4. The standard InChI is InChI=1S/C20H37NO3/c1-2-3-4-5-6-7-8-9-10-11-12-13-14-15-16-17-18(22)19(21)20(23)24/h9-10,19H,2-8,11-17,21H2,1H3,(H,23,24). The Morgan fingerprint density at radius 2 is 1.29 bits per heavy atom. The number of hydrogen-bond donors (Lipinski definition) is 2. The number of carbonyl (C=O) groups is 2. The molecule has 140 valence electrons. The van der Waals surface area contributed by atoms with Crippen LogP contribution in [-0.4, -0.2) is 22.9 Å². The number of hydrogen-bond acceptors (Lipinski definition) is 3. The fourth-order valence-corrected chi connectivity index (χ4v) is 2.66. The molecular weight excluding hydrogens is 302 g/mol. The fourth-order valence-electron chi connectivity index (χ4n) is 2.66. The van der Waals surface area contributed by atoms with E-state index < -0.39 is 12.0 Å². The first-order chi connectivity index (χ1) is 11.6. The maximum absolute atomic E-state index is 11.4. The molecule has 24 heavy (non-hydrogen) atoms. The zero-order valence-corrected chi connectivity index (χ0v) is 15.5. The lowest BCUT2D eigenvalue weighted by Gasteiger charge is -2.05.